The number of amides is 3. The van der Waals surface area contributed by atoms with Gasteiger partial charge in [0.25, 0.3) is 5.91 Å². The number of nitrogens with two attached hydrogens (primary N) is 1. The molecule has 7 nitrogen and oxygen atoms in total. The van der Waals surface area contributed by atoms with E-state index in [1.54, 1.807) is 12.1 Å². The number of carbonyl (C=O) groups is 3. The van der Waals surface area contributed by atoms with E-state index in [0.717, 1.165) is 0 Å². The van der Waals surface area contributed by atoms with E-state index >= 15 is 0 Å². The Morgan fingerprint density at radius 3 is 2.33 bits per heavy atom. The molecule has 108 valence electrons. The Balaban J connectivity index is 1.84. The van der Waals surface area contributed by atoms with Gasteiger partial charge in [-0.25, -0.2) is 0 Å². The van der Waals surface area contributed by atoms with Gasteiger partial charge in [-0.15, -0.1) is 0 Å². The molecule has 1 aromatic heterocycles. The number of anilines is 1. The first-order valence-corrected chi connectivity index (χ1v) is 6.06. The Bertz CT molecular complexity index is 647. The molecule has 2 rings (SSSR count). The van der Waals surface area contributed by atoms with Crippen LogP contribution in [0, 0.1) is 0 Å². The van der Waals surface area contributed by atoms with Crippen LogP contribution in [0.5, 0.6) is 0 Å². The van der Waals surface area contributed by atoms with Crippen LogP contribution < -0.4 is 16.4 Å². The Hall–Kier alpha value is -3.09. The highest BCUT2D eigenvalue weighted by molar-refractivity contribution is 5.99. The second-order valence-corrected chi connectivity index (χ2v) is 4.18. The zero-order valence-corrected chi connectivity index (χ0v) is 11.0. The van der Waals surface area contributed by atoms with Crippen LogP contribution in [0.3, 0.4) is 0 Å². The molecule has 1 aromatic carbocycles. The van der Waals surface area contributed by atoms with Crippen molar-refractivity contribution in [2.24, 2.45) is 5.73 Å². The molecule has 0 aliphatic rings. The Morgan fingerprint density at radius 1 is 1.05 bits per heavy atom. The smallest absolute Gasteiger partial charge is 0.254 e. The van der Waals surface area contributed by atoms with E-state index in [9.17, 15) is 14.4 Å². The van der Waals surface area contributed by atoms with E-state index < -0.39 is 17.7 Å². The number of benzene rings is 1. The fourth-order valence-corrected chi connectivity index (χ4v) is 1.58. The zero-order chi connectivity index (χ0) is 15.2. The lowest BCUT2D eigenvalue weighted by Crippen LogP contribution is -2.32. The summed E-state index contributed by atoms with van der Waals surface area (Å²) in [5, 5.41) is 5.03. The summed E-state index contributed by atoms with van der Waals surface area (Å²) < 4.78 is 4.77. The van der Waals surface area contributed by atoms with Crippen LogP contribution in [0.2, 0.25) is 0 Å². The Morgan fingerprint density at radius 2 is 1.76 bits per heavy atom. The third-order valence-electron chi connectivity index (χ3n) is 2.65. The SMILES string of the molecule is NC(=O)c1ccc(NC(=O)CNC(=O)c2ccoc2)cc1. The number of hydrogen-bond donors (Lipinski definition) is 3. The van der Waals surface area contributed by atoms with Gasteiger partial charge in [-0.2, -0.15) is 0 Å². The van der Waals surface area contributed by atoms with Gasteiger partial charge in [0.15, 0.2) is 0 Å². The predicted molar refractivity (Wildman–Crippen MR) is 74.6 cm³/mol. The standard InChI is InChI=1S/C14H13N3O4/c15-13(19)9-1-3-11(4-2-9)17-12(18)7-16-14(20)10-5-6-21-8-10/h1-6,8H,7H2,(H2,15,19)(H,16,20)(H,17,18). The van der Waals surface area contributed by atoms with Gasteiger partial charge < -0.3 is 20.8 Å². The topological polar surface area (TPSA) is 114 Å². The van der Waals surface area contributed by atoms with Gasteiger partial charge in [0, 0.05) is 11.3 Å². The van der Waals surface area contributed by atoms with Crippen LogP contribution >= 0.6 is 0 Å². The minimum atomic E-state index is -0.541. The number of carbonyl (C=O) groups excluding carboxylic acids is 3. The number of nitrogens with one attached hydrogen (secondary N) is 2. The van der Waals surface area contributed by atoms with Gasteiger partial charge >= 0.3 is 0 Å². The third kappa shape index (κ3) is 3.93. The normalized spacial score (nSPS) is 9.90. The molecule has 0 saturated carbocycles. The number of rotatable bonds is 5. The maximum absolute atomic E-state index is 11.7. The molecule has 0 fully saturated rings. The molecule has 0 atom stereocenters. The minimum Gasteiger partial charge on any atom is -0.472 e. The molecule has 1 heterocycles. The second kappa shape index (κ2) is 6.38. The second-order valence-electron chi connectivity index (χ2n) is 4.18. The summed E-state index contributed by atoms with van der Waals surface area (Å²) in [7, 11) is 0. The lowest BCUT2D eigenvalue weighted by atomic mass is 10.2. The van der Waals surface area contributed by atoms with Crippen molar-refractivity contribution in [3.63, 3.8) is 0 Å². The van der Waals surface area contributed by atoms with Gasteiger partial charge in [-0.1, -0.05) is 0 Å². The average molecular weight is 287 g/mol. The van der Waals surface area contributed by atoms with Gasteiger partial charge in [0.05, 0.1) is 18.4 Å². The van der Waals surface area contributed by atoms with E-state index in [1.165, 1.54) is 30.7 Å². The van der Waals surface area contributed by atoms with Gasteiger partial charge in [-0.05, 0) is 30.3 Å². The van der Waals surface area contributed by atoms with Crippen molar-refractivity contribution in [3.8, 4) is 0 Å². The van der Waals surface area contributed by atoms with E-state index in [0.29, 0.717) is 16.8 Å². The van der Waals surface area contributed by atoms with E-state index in [2.05, 4.69) is 10.6 Å². The third-order valence-corrected chi connectivity index (χ3v) is 2.65. The fourth-order valence-electron chi connectivity index (χ4n) is 1.58. The summed E-state index contributed by atoms with van der Waals surface area (Å²) in [6.07, 6.45) is 2.66. The first-order valence-electron chi connectivity index (χ1n) is 6.06. The lowest BCUT2D eigenvalue weighted by Gasteiger charge is -2.06. The molecule has 0 aliphatic carbocycles. The lowest BCUT2D eigenvalue weighted by molar-refractivity contribution is -0.115. The summed E-state index contributed by atoms with van der Waals surface area (Å²) in [5.74, 6) is -1.33. The summed E-state index contributed by atoms with van der Waals surface area (Å²) in [6.45, 7) is -0.179. The van der Waals surface area contributed by atoms with Crippen LogP contribution in [0.1, 0.15) is 20.7 Å². The van der Waals surface area contributed by atoms with Crippen molar-refractivity contribution >= 4 is 23.4 Å². The molecule has 0 saturated heterocycles. The van der Waals surface area contributed by atoms with Crippen molar-refractivity contribution in [2.45, 2.75) is 0 Å². The zero-order valence-electron chi connectivity index (χ0n) is 11.0. The monoisotopic (exact) mass is 287 g/mol. The van der Waals surface area contributed by atoms with Gasteiger partial charge in [0.1, 0.15) is 6.26 Å². The molecule has 0 bridgehead atoms. The first kappa shape index (κ1) is 14.3. The molecule has 3 amide bonds. The Labute approximate surface area is 120 Å². The summed E-state index contributed by atoms with van der Waals surface area (Å²) in [5.41, 5.74) is 6.30. The summed E-state index contributed by atoms with van der Waals surface area (Å²) in [4.78, 5) is 34.1. The molecule has 21 heavy (non-hydrogen) atoms. The number of hydrogen-bond acceptors (Lipinski definition) is 4. The van der Waals surface area contributed by atoms with E-state index in [1.807, 2.05) is 0 Å². The largest absolute Gasteiger partial charge is 0.472 e. The minimum absolute atomic E-state index is 0.179. The van der Waals surface area contributed by atoms with Crippen LogP contribution in [0.15, 0.2) is 47.3 Å². The van der Waals surface area contributed by atoms with Gasteiger partial charge in [-0.3, -0.25) is 14.4 Å². The van der Waals surface area contributed by atoms with E-state index in [4.69, 9.17) is 10.2 Å². The molecular formula is C14H13N3O4. The van der Waals surface area contributed by atoms with Crippen molar-refractivity contribution < 1.29 is 18.8 Å². The van der Waals surface area contributed by atoms with Gasteiger partial charge in [0.2, 0.25) is 11.8 Å². The summed E-state index contributed by atoms with van der Waals surface area (Å²) >= 11 is 0. The average Bonchev–Trinajstić information content (AvgIpc) is 2.99. The van der Waals surface area contributed by atoms with Crippen molar-refractivity contribution in [3.05, 3.63) is 54.0 Å². The maximum atomic E-state index is 11.7. The summed E-state index contributed by atoms with van der Waals surface area (Å²) in [6, 6.07) is 7.60. The quantitative estimate of drug-likeness (QED) is 0.752. The molecule has 2 aromatic rings. The molecule has 7 heteroatoms. The van der Waals surface area contributed by atoms with E-state index in [-0.39, 0.29) is 6.54 Å². The van der Waals surface area contributed by atoms with Crippen LogP contribution in [-0.2, 0) is 4.79 Å². The van der Waals surface area contributed by atoms with Crippen LogP contribution in [-0.4, -0.2) is 24.3 Å². The molecule has 0 unspecified atom stereocenters. The molecular weight excluding hydrogens is 274 g/mol. The fraction of sp³-hybridized carbons (Fsp3) is 0.0714. The number of primary amides is 1. The van der Waals surface area contributed by atoms with Crippen molar-refractivity contribution in [1.82, 2.24) is 5.32 Å². The highest BCUT2D eigenvalue weighted by Gasteiger charge is 2.09. The highest BCUT2D eigenvalue weighted by Crippen LogP contribution is 2.08. The molecule has 4 N–H and O–H groups in total. The van der Waals surface area contributed by atoms with Crippen molar-refractivity contribution in [1.29, 1.82) is 0 Å². The predicted octanol–water partition coefficient (Wildman–Crippen LogP) is 0.747. The van der Waals surface area contributed by atoms with Crippen LogP contribution in [0.4, 0.5) is 5.69 Å². The van der Waals surface area contributed by atoms with Crippen molar-refractivity contribution in [2.75, 3.05) is 11.9 Å². The molecule has 0 radical (unpaired) electrons. The molecule has 0 spiro atoms. The molecule has 0 aliphatic heterocycles. The first-order chi connectivity index (χ1) is 10.1. The highest BCUT2D eigenvalue weighted by atomic mass is 16.3. The van der Waals surface area contributed by atoms with Crippen LogP contribution in [0.25, 0.3) is 0 Å². The number of furan rings is 1. The Kier molecular flexibility index (Phi) is 4.35. The maximum Gasteiger partial charge on any atom is 0.254 e.